The monoisotopic (exact) mass is 470 g/mol. The van der Waals surface area contributed by atoms with Crippen LogP contribution in [0.5, 0.6) is 5.75 Å². The van der Waals surface area contributed by atoms with Crippen LogP contribution in [0, 0.1) is 18.3 Å². The molecule has 1 aliphatic carbocycles. The highest BCUT2D eigenvalue weighted by atomic mass is 19.1. The number of rotatable bonds is 9. The zero-order chi connectivity index (χ0) is 24.1. The molecule has 0 radical (unpaired) electrons. The Bertz CT molecular complexity index is 981. The first-order valence-corrected chi connectivity index (χ1v) is 12.9. The average Bonchev–Trinajstić information content (AvgIpc) is 2.86. The SMILES string of the molecule is COc1ccc2ncc(C)c([C@@H](F)CCC3(C(=O)O)CCN(CCC4CCCCC4)CC3)c2c1. The van der Waals surface area contributed by atoms with Crippen molar-refractivity contribution in [3.8, 4) is 5.75 Å². The van der Waals surface area contributed by atoms with Crippen molar-refractivity contribution in [3.63, 3.8) is 0 Å². The number of likely N-dealkylation sites (tertiary alicyclic amines) is 1. The van der Waals surface area contributed by atoms with Gasteiger partial charge in [-0.15, -0.1) is 0 Å². The smallest absolute Gasteiger partial charge is 0.309 e. The van der Waals surface area contributed by atoms with Crippen LogP contribution >= 0.6 is 0 Å². The second-order valence-corrected chi connectivity index (χ2v) is 10.5. The fourth-order valence-electron chi connectivity index (χ4n) is 6.00. The normalized spacial score (nSPS) is 20.3. The van der Waals surface area contributed by atoms with Gasteiger partial charge in [0, 0.05) is 11.6 Å². The van der Waals surface area contributed by atoms with Gasteiger partial charge in [0.1, 0.15) is 11.9 Å². The number of methoxy groups -OCH3 is 1. The minimum Gasteiger partial charge on any atom is -0.497 e. The Kier molecular flexibility index (Phi) is 8.07. The molecular weight excluding hydrogens is 431 g/mol. The van der Waals surface area contributed by atoms with E-state index < -0.39 is 17.6 Å². The third-order valence-electron chi connectivity index (χ3n) is 8.35. The molecule has 1 saturated carbocycles. The Balaban J connectivity index is 1.39. The molecule has 1 saturated heterocycles. The predicted molar refractivity (Wildman–Crippen MR) is 133 cm³/mol. The largest absolute Gasteiger partial charge is 0.497 e. The summed E-state index contributed by atoms with van der Waals surface area (Å²) in [4.78, 5) is 19.2. The first kappa shape index (κ1) is 24.9. The molecule has 0 unspecified atom stereocenters. The number of aliphatic carboxylic acids is 1. The van der Waals surface area contributed by atoms with Gasteiger partial charge in [-0.3, -0.25) is 9.78 Å². The summed E-state index contributed by atoms with van der Waals surface area (Å²) in [7, 11) is 1.59. The van der Waals surface area contributed by atoms with E-state index in [0.717, 1.165) is 42.0 Å². The fourth-order valence-corrected chi connectivity index (χ4v) is 6.00. The number of carbonyl (C=O) groups is 1. The van der Waals surface area contributed by atoms with E-state index in [1.165, 1.54) is 38.5 Å². The van der Waals surface area contributed by atoms with Crippen LogP contribution in [0.1, 0.15) is 81.5 Å². The second kappa shape index (κ2) is 11.0. The highest BCUT2D eigenvalue weighted by Crippen LogP contribution is 2.41. The third-order valence-corrected chi connectivity index (χ3v) is 8.35. The summed E-state index contributed by atoms with van der Waals surface area (Å²) in [6, 6.07) is 5.49. The maximum absolute atomic E-state index is 15.7. The minimum absolute atomic E-state index is 0.200. The maximum atomic E-state index is 15.7. The van der Waals surface area contributed by atoms with Crippen LogP contribution in [0.3, 0.4) is 0 Å². The number of hydrogen-bond acceptors (Lipinski definition) is 4. The molecule has 0 bridgehead atoms. The maximum Gasteiger partial charge on any atom is 0.309 e. The van der Waals surface area contributed by atoms with Crippen LogP contribution in [-0.2, 0) is 4.79 Å². The number of aromatic nitrogens is 1. The first-order valence-electron chi connectivity index (χ1n) is 12.9. The fraction of sp³-hybridized carbons (Fsp3) is 0.643. The van der Waals surface area contributed by atoms with E-state index in [1.54, 1.807) is 13.3 Å². The number of alkyl halides is 1. The number of nitrogens with zero attached hydrogens (tertiary/aromatic N) is 2. The van der Waals surface area contributed by atoms with E-state index in [4.69, 9.17) is 4.74 Å². The molecule has 0 spiro atoms. The Labute approximate surface area is 202 Å². The van der Waals surface area contributed by atoms with Gasteiger partial charge in [-0.05, 0) is 93.9 Å². The molecule has 6 heteroatoms. The summed E-state index contributed by atoms with van der Waals surface area (Å²) in [5, 5.41) is 10.9. The Morgan fingerprint density at radius 2 is 2.00 bits per heavy atom. The molecule has 2 fully saturated rings. The predicted octanol–water partition coefficient (Wildman–Crippen LogP) is 6.48. The van der Waals surface area contributed by atoms with E-state index in [2.05, 4.69) is 9.88 Å². The van der Waals surface area contributed by atoms with Crippen LogP contribution in [0.25, 0.3) is 10.9 Å². The lowest BCUT2D eigenvalue weighted by atomic mass is 9.74. The number of aryl methyl sites for hydroxylation is 1. The van der Waals surface area contributed by atoms with Gasteiger partial charge in [0.15, 0.2) is 0 Å². The summed E-state index contributed by atoms with van der Waals surface area (Å²) in [6.45, 7) is 4.52. The van der Waals surface area contributed by atoms with E-state index in [1.807, 2.05) is 25.1 Å². The Morgan fingerprint density at radius 3 is 2.68 bits per heavy atom. The van der Waals surface area contributed by atoms with Crippen LogP contribution < -0.4 is 4.74 Å². The molecule has 1 aliphatic heterocycles. The van der Waals surface area contributed by atoms with Crippen molar-refractivity contribution in [2.75, 3.05) is 26.7 Å². The van der Waals surface area contributed by atoms with Gasteiger partial charge in [0.05, 0.1) is 18.0 Å². The topological polar surface area (TPSA) is 62.7 Å². The van der Waals surface area contributed by atoms with E-state index in [9.17, 15) is 9.90 Å². The molecule has 2 heterocycles. The molecule has 34 heavy (non-hydrogen) atoms. The van der Waals surface area contributed by atoms with Crippen LogP contribution in [0.2, 0.25) is 0 Å². The minimum atomic E-state index is -1.24. The highest BCUT2D eigenvalue weighted by molar-refractivity contribution is 5.85. The lowest BCUT2D eigenvalue weighted by Gasteiger charge is -2.39. The van der Waals surface area contributed by atoms with Crippen molar-refractivity contribution in [2.24, 2.45) is 11.3 Å². The summed E-state index contributed by atoms with van der Waals surface area (Å²) in [5.74, 6) is 0.727. The van der Waals surface area contributed by atoms with Crippen molar-refractivity contribution in [1.29, 1.82) is 0 Å². The van der Waals surface area contributed by atoms with Gasteiger partial charge in [0.25, 0.3) is 0 Å². The Hall–Kier alpha value is -2.21. The van der Waals surface area contributed by atoms with Crippen molar-refractivity contribution < 1.29 is 19.0 Å². The van der Waals surface area contributed by atoms with E-state index in [-0.39, 0.29) is 6.42 Å². The summed E-state index contributed by atoms with van der Waals surface area (Å²) < 4.78 is 21.0. The number of piperidine rings is 1. The molecule has 2 aromatic rings. The number of carboxylic acids is 1. The molecule has 1 atom stereocenters. The highest BCUT2D eigenvalue weighted by Gasteiger charge is 2.41. The standard InChI is InChI=1S/C28H39FN2O3/c1-20-19-30-25-9-8-22(34-2)18-23(25)26(20)24(29)10-12-28(27(32)33)13-16-31(17-14-28)15-11-21-6-4-3-5-7-21/h8-9,18-19,21,24H,3-7,10-17H2,1-2H3,(H,32,33)/t24-/m0/s1. The van der Waals surface area contributed by atoms with E-state index in [0.29, 0.717) is 30.6 Å². The zero-order valence-electron chi connectivity index (χ0n) is 20.7. The molecule has 0 amide bonds. The number of halogens is 1. The van der Waals surface area contributed by atoms with Crippen molar-refractivity contribution in [1.82, 2.24) is 9.88 Å². The number of carboxylic acid groups (broad SMARTS) is 1. The van der Waals surface area contributed by atoms with Gasteiger partial charge >= 0.3 is 5.97 Å². The van der Waals surface area contributed by atoms with Crippen LogP contribution in [-0.4, -0.2) is 47.7 Å². The summed E-state index contributed by atoms with van der Waals surface area (Å²) in [5.41, 5.74) is 1.29. The number of fused-ring (bicyclic) bond motifs is 1. The van der Waals surface area contributed by atoms with Gasteiger partial charge in [0.2, 0.25) is 0 Å². The lowest BCUT2D eigenvalue weighted by Crippen LogP contribution is -2.45. The third kappa shape index (κ3) is 5.54. The number of pyridine rings is 1. The summed E-state index contributed by atoms with van der Waals surface area (Å²) in [6.07, 6.45) is 10.2. The molecule has 2 aliphatic rings. The molecule has 5 nitrogen and oxygen atoms in total. The van der Waals surface area contributed by atoms with Crippen LogP contribution in [0.4, 0.5) is 4.39 Å². The van der Waals surface area contributed by atoms with Crippen LogP contribution in [0.15, 0.2) is 24.4 Å². The molecule has 186 valence electrons. The second-order valence-electron chi connectivity index (χ2n) is 10.5. The number of benzene rings is 1. The Morgan fingerprint density at radius 1 is 1.26 bits per heavy atom. The number of ether oxygens (including phenoxy) is 1. The van der Waals surface area contributed by atoms with Crippen molar-refractivity contribution in [2.45, 2.75) is 77.3 Å². The molecule has 1 aromatic carbocycles. The average molecular weight is 471 g/mol. The molecule has 4 rings (SSSR count). The first-order chi connectivity index (χ1) is 16.4. The summed E-state index contributed by atoms with van der Waals surface area (Å²) >= 11 is 0. The molecule has 1 aromatic heterocycles. The van der Waals surface area contributed by atoms with Gasteiger partial charge in [-0.2, -0.15) is 0 Å². The van der Waals surface area contributed by atoms with Gasteiger partial charge in [-0.25, -0.2) is 4.39 Å². The molecule has 1 N–H and O–H groups in total. The van der Waals surface area contributed by atoms with Gasteiger partial charge < -0.3 is 14.7 Å². The number of hydrogen-bond donors (Lipinski definition) is 1. The zero-order valence-corrected chi connectivity index (χ0v) is 20.7. The quantitative estimate of drug-likeness (QED) is 0.454. The lowest BCUT2D eigenvalue weighted by molar-refractivity contribution is -0.153. The van der Waals surface area contributed by atoms with E-state index >= 15 is 4.39 Å². The van der Waals surface area contributed by atoms with Crippen molar-refractivity contribution in [3.05, 3.63) is 35.5 Å². The molecular formula is C28H39FN2O3. The van der Waals surface area contributed by atoms with Gasteiger partial charge in [-0.1, -0.05) is 32.1 Å². The van der Waals surface area contributed by atoms with Crippen molar-refractivity contribution >= 4 is 16.9 Å².